The van der Waals surface area contributed by atoms with Crippen LogP contribution in [0.2, 0.25) is 0 Å². The molecule has 8 heteroatoms. The zero-order chi connectivity index (χ0) is 32.5. The first-order chi connectivity index (χ1) is 22.0. The summed E-state index contributed by atoms with van der Waals surface area (Å²) in [5, 5.41) is 44.9. The van der Waals surface area contributed by atoms with Gasteiger partial charge in [0.1, 0.15) is 0 Å². The van der Waals surface area contributed by atoms with Crippen LogP contribution in [0.4, 0.5) is 0 Å². The largest absolute Gasteiger partial charge is 0.394 e. The highest BCUT2D eigenvalue weighted by atomic mass is 32.1. The number of benzene rings is 1. The molecule has 0 saturated heterocycles. The molecule has 0 radical (unpaired) electrons. The summed E-state index contributed by atoms with van der Waals surface area (Å²) < 4.78 is 6.41. The fraction of sp³-hybridized carbons (Fsp3) is 0.658. The van der Waals surface area contributed by atoms with Gasteiger partial charge in [0, 0.05) is 59.9 Å². The Bertz CT molecular complexity index is 1520. The minimum atomic E-state index is -1.02. The van der Waals surface area contributed by atoms with Crippen LogP contribution in [0.25, 0.3) is 10.1 Å². The molecule has 2 bridgehead atoms. The van der Waals surface area contributed by atoms with Crippen molar-refractivity contribution in [1.82, 2.24) is 4.90 Å². The highest BCUT2D eigenvalue weighted by Crippen LogP contribution is 2.78. The van der Waals surface area contributed by atoms with Gasteiger partial charge in [-0.1, -0.05) is 50.3 Å². The molecule has 6 aliphatic rings. The van der Waals surface area contributed by atoms with E-state index in [1.165, 1.54) is 0 Å². The lowest BCUT2D eigenvalue weighted by atomic mass is 9.32. The zero-order valence-electron chi connectivity index (χ0n) is 27.6. The van der Waals surface area contributed by atoms with E-state index >= 15 is 0 Å². The van der Waals surface area contributed by atoms with Gasteiger partial charge < -0.3 is 25.2 Å². The third kappa shape index (κ3) is 4.62. The topological polar surface area (TPSA) is 110 Å². The van der Waals surface area contributed by atoms with Crippen molar-refractivity contribution in [3.63, 3.8) is 0 Å². The number of ketones is 1. The molecule has 250 valence electrons. The number of hydrogen-bond acceptors (Lipinski definition) is 8. The summed E-state index contributed by atoms with van der Waals surface area (Å²) in [5.41, 5.74) is -1.54. The van der Waals surface area contributed by atoms with Gasteiger partial charge in [-0.15, -0.1) is 11.3 Å². The first-order valence-corrected chi connectivity index (χ1v) is 18.1. The van der Waals surface area contributed by atoms with Gasteiger partial charge in [-0.2, -0.15) is 0 Å². The maximum atomic E-state index is 14.9. The molecule has 1 heterocycles. The van der Waals surface area contributed by atoms with Crippen molar-refractivity contribution >= 4 is 27.2 Å². The Labute approximate surface area is 277 Å². The number of carbonyl (C=O) groups excluding carboxylic acids is 1. The molecule has 3 fully saturated rings. The number of fused-ring (bicyclic) bond motifs is 2. The van der Waals surface area contributed by atoms with E-state index in [9.17, 15) is 25.2 Å². The molecule has 0 aliphatic heterocycles. The molecular formula is C38H51NO6S. The lowest BCUT2D eigenvalue weighted by molar-refractivity contribution is -0.177. The SMILES string of the molecule is COCCCN(CC(O)CO)CC1(O)CCC2C34C=CC5(C=C3C(=O)c3cc6ccccc6s3)CC(O)CCC5(C)C4CCC21C. The van der Waals surface area contributed by atoms with Crippen molar-refractivity contribution in [2.24, 2.45) is 33.5 Å². The molecule has 2 aromatic rings. The third-order valence-electron chi connectivity index (χ3n) is 13.6. The number of aliphatic hydroxyl groups is 4. The highest BCUT2D eigenvalue weighted by Gasteiger charge is 2.74. The lowest BCUT2D eigenvalue weighted by Crippen LogP contribution is -2.67. The number of nitrogens with zero attached hydrogens (tertiary/aromatic N) is 1. The zero-order valence-corrected chi connectivity index (χ0v) is 28.4. The van der Waals surface area contributed by atoms with Crippen LogP contribution in [-0.2, 0) is 4.74 Å². The third-order valence-corrected chi connectivity index (χ3v) is 14.7. The van der Waals surface area contributed by atoms with Crippen molar-refractivity contribution in [3.05, 3.63) is 59.0 Å². The fourth-order valence-corrected chi connectivity index (χ4v) is 12.2. The van der Waals surface area contributed by atoms with Crippen LogP contribution < -0.4 is 0 Å². The van der Waals surface area contributed by atoms with Gasteiger partial charge in [0.2, 0.25) is 0 Å². The Morgan fingerprint density at radius 1 is 1.09 bits per heavy atom. The van der Waals surface area contributed by atoms with E-state index in [1.807, 2.05) is 18.2 Å². The van der Waals surface area contributed by atoms with Gasteiger partial charge in [-0.05, 0) is 86.1 Å². The number of aliphatic hydroxyl groups excluding tert-OH is 3. The molecule has 46 heavy (non-hydrogen) atoms. The number of carbonyl (C=O) groups is 1. The van der Waals surface area contributed by atoms with Crippen LogP contribution in [0.5, 0.6) is 0 Å². The second kappa shape index (κ2) is 11.6. The van der Waals surface area contributed by atoms with E-state index in [-0.39, 0.29) is 47.7 Å². The van der Waals surface area contributed by atoms with Crippen LogP contribution >= 0.6 is 11.3 Å². The van der Waals surface area contributed by atoms with E-state index in [0.29, 0.717) is 32.5 Å². The normalized spacial score (nSPS) is 40.1. The summed E-state index contributed by atoms with van der Waals surface area (Å²) in [6.45, 7) is 6.28. The van der Waals surface area contributed by atoms with Gasteiger partial charge in [0.05, 0.1) is 29.3 Å². The molecule has 0 amide bonds. The van der Waals surface area contributed by atoms with E-state index in [2.05, 4.69) is 49.1 Å². The summed E-state index contributed by atoms with van der Waals surface area (Å²) >= 11 is 1.56. The summed E-state index contributed by atoms with van der Waals surface area (Å²) in [6.07, 6.45) is 12.1. The number of methoxy groups -OCH3 is 1. The predicted octanol–water partition coefficient (Wildman–Crippen LogP) is 5.37. The Morgan fingerprint density at radius 3 is 2.59 bits per heavy atom. The lowest BCUT2D eigenvalue weighted by Gasteiger charge is -2.71. The average Bonchev–Trinajstić information content (AvgIpc) is 3.59. The number of Topliss-reactive ketones (excluding diaryl/α,β-unsaturated/α-hetero) is 1. The van der Waals surface area contributed by atoms with Gasteiger partial charge in [0.15, 0.2) is 5.78 Å². The monoisotopic (exact) mass is 649 g/mol. The van der Waals surface area contributed by atoms with Crippen molar-refractivity contribution in [1.29, 1.82) is 0 Å². The Balaban J connectivity index is 1.31. The minimum absolute atomic E-state index is 0.0649. The molecule has 2 spiro atoms. The summed E-state index contributed by atoms with van der Waals surface area (Å²) in [7, 11) is 1.68. The van der Waals surface area contributed by atoms with Crippen molar-refractivity contribution in [2.45, 2.75) is 83.0 Å². The smallest absolute Gasteiger partial charge is 0.199 e. The van der Waals surface area contributed by atoms with Crippen LogP contribution in [0.1, 0.15) is 74.9 Å². The Hall–Kier alpha value is -1.91. The first-order valence-electron chi connectivity index (χ1n) is 17.3. The standard InChI is InChI=1S/C38H51NO6S/c1-34-12-9-26(41)20-36(34)15-16-38(28(21-36)33(43)30-19-25-7-4-5-8-29(25)46-30)31(34)10-13-35(2)32(38)11-14-37(35,44)24-39(17-6-18-45-3)22-27(42)23-40/h4-5,7-8,15-16,19,21,26-27,31-32,40-42,44H,6,9-14,17-18,20,22-24H2,1-3H3. The molecular weight excluding hydrogens is 598 g/mol. The molecule has 1 aromatic heterocycles. The Kier molecular flexibility index (Phi) is 8.23. The van der Waals surface area contributed by atoms with Crippen molar-refractivity contribution < 1.29 is 30.0 Å². The van der Waals surface area contributed by atoms with Crippen molar-refractivity contribution in [3.8, 4) is 0 Å². The number of thiophene rings is 1. The van der Waals surface area contributed by atoms with E-state index < -0.39 is 22.5 Å². The van der Waals surface area contributed by atoms with Crippen LogP contribution in [0.3, 0.4) is 0 Å². The molecule has 8 rings (SSSR count). The number of allylic oxidation sites excluding steroid dienone is 4. The quantitative estimate of drug-likeness (QED) is 0.147. The molecule has 4 N–H and O–H groups in total. The van der Waals surface area contributed by atoms with Gasteiger partial charge >= 0.3 is 0 Å². The predicted molar refractivity (Wildman–Crippen MR) is 181 cm³/mol. The molecule has 9 atom stereocenters. The van der Waals surface area contributed by atoms with E-state index in [4.69, 9.17) is 4.74 Å². The summed E-state index contributed by atoms with van der Waals surface area (Å²) in [5.74, 6) is 0.407. The molecule has 1 aromatic carbocycles. The Morgan fingerprint density at radius 2 is 1.83 bits per heavy atom. The number of hydrogen-bond donors (Lipinski definition) is 4. The van der Waals surface area contributed by atoms with Gasteiger partial charge in [0.25, 0.3) is 0 Å². The maximum Gasteiger partial charge on any atom is 0.199 e. The first kappa shape index (κ1) is 32.6. The van der Waals surface area contributed by atoms with Gasteiger partial charge in [-0.3, -0.25) is 9.69 Å². The second-order valence-electron chi connectivity index (χ2n) is 15.7. The van der Waals surface area contributed by atoms with E-state index in [0.717, 1.165) is 59.1 Å². The number of rotatable bonds is 11. The molecule has 3 saturated carbocycles. The van der Waals surface area contributed by atoms with Crippen LogP contribution in [0, 0.1) is 33.5 Å². The summed E-state index contributed by atoms with van der Waals surface area (Å²) in [6, 6.07) is 10.2. The van der Waals surface area contributed by atoms with Crippen molar-refractivity contribution in [2.75, 3.05) is 40.0 Å². The molecule has 6 aliphatic carbocycles. The highest BCUT2D eigenvalue weighted by molar-refractivity contribution is 7.21. The summed E-state index contributed by atoms with van der Waals surface area (Å²) in [4.78, 5) is 17.8. The average molecular weight is 650 g/mol. The van der Waals surface area contributed by atoms with Gasteiger partial charge in [-0.25, -0.2) is 0 Å². The molecule has 9 unspecified atom stereocenters. The molecule has 7 nitrogen and oxygen atoms in total. The second-order valence-corrected chi connectivity index (χ2v) is 16.8. The van der Waals surface area contributed by atoms with E-state index in [1.54, 1.807) is 18.4 Å². The fourth-order valence-electron chi connectivity index (χ4n) is 11.2. The minimum Gasteiger partial charge on any atom is -0.394 e. The van der Waals surface area contributed by atoms with Crippen LogP contribution in [-0.4, -0.2) is 88.9 Å². The maximum absolute atomic E-state index is 14.9. The van der Waals surface area contributed by atoms with Crippen LogP contribution in [0.15, 0.2) is 54.1 Å². The number of ether oxygens (including phenoxy) is 1.